The molecule has 0 atom stereocenters. The van der Waals surface area contributed by atoms with Gasteiger partial charge in [-0.2, -0.15) is 4.31 Å². The summed E-state index contributed by atoms with van der Waals surface area (Å²) in [6, 6.07) is 1.90. The molecule has 0 fully saturated rings. The molecular formula is C13H19BrN2O3S. The van der Waals surface area contributed by atoms with Gasteiger partial charge in [0.2, 0.25) is 10.0 Å². The van der Waals surface area contributed by atoms with Crippen LogP contribution in [0.1, 0.15) is 26.0 Å². The van der Waals surface area contributed by atoms with Crippen LogP contribution in [0.15, 0.2) is 32.2 Å². The lowest BCUT2D eigenvalue weighted by atomic mass is 10.3. The molecule has 7 heteroatoms. The normalized spacial score (nSPS) is 17.0. The Morgan fingerprint density at radius 1 is 1.45 bits per heavy atom. The molecule has 0 aliphatic carbocycles. The maximum atomic E-state index is 12.5. The molecule has 1 aromatic heterocycles. The molecule has 0 unspecified atom stereocenters. The number of sulfonamides is 1. The van der Waals surface area contributed by atoms with Crippen LogP contribution in [0.5, 0.6) is 0 Å². The van der Waals surface area contributed by atoms with Crippen molar-refractivity contribution in [1.29, 1.82) is 0 Å². The lowest BCUT2D eigenvalue weighted by molar-refractivity contribution is 0.430. The molecule has 1 aromatic rings. The van der Waals surface area contributed by atoms with E-state index in [1.807, 2.05) is 26.0 Å². The van der Waals surface area contributed by atoms with Crippen molar-refractivity contribution < 1.29 is 12.8 Å². The van der Waals surface area contributed by atoms with E-state index in [1.165, 1.54) is 4.31 Å². The number of nitrogens with one attached hydrogen (secondary N) is 1. The molecule has 0 spiro atoms. The molecule has 2 rings (SSSR count). The van der Waals surface area contributed by atoms with E-state index in [9.17, 15) is 8.42 Å². The number of halogens is 1. The third-order valence-corrected chi connectivity index (χ3v) is 5.75. The first-order chi connectivity index (χ1) is 9.41. The van der Waals surface area contributed by atoms with Crippen LogP contribution >= 0.6 is 15.9 Å². The van der Waals surface area contributed by atoms with E-state index in [0.717, 1.165) is 6.42 Å². The first-order valence-corrected chi connectivity index (χ1v) is 8.81. The molecule has 1 aliphatic heterocycles. The molecular weight excluding hydrogens is 344 g/mol. The quantitative estimate of drug-likeness (QED) is 0.817. The summed E-state index contributed by atoms with van der Waals surface area (Å²) in [6.45, 7) is 5.48. The Morgan fingerprint density at radius 2 is 2.20 bits per heavy atom. The van der Waals surface area contributed by atoms with Crippen molar-refractivity contribution in [3.63, 3.8) is 0 Å². The monoisotopic (exact) mass is 362 g/mol. The molecule has 1 aliphatic rings. The van der Waals surface area contributed by atoms with Crippen LogP contribution in [0.3, 0.4) is 0 Å². The zero-order valence-corrected chi connectivity index (χ0v) is 14.0. The summed E-state index contributed by atoms with van der Waals surface area (Å²) in [5.41, 5.74) is 0. The Morgan fingerprint density at radius 3 is 2.80 bits per heavy atom. The number of furan rings is 1. The smallest absolute Gasteiger partial charge is 0.247 e. The van der Waals surface area contributed by atoms with Gasteiger partial charge in [-0.3, -0.25) is 0 Å². The minimum Gasteiger partial charge on any atom is -0.452 e. The zero-order valence-electron chi connectivity index (χ0n) is 11.6. The third-order valence-electron chi connectivity index (χ3n) is 3.03. The molecule has 20 heavy (non-hydrogen) atoms. The standard InChI is InChI=1S/C13H19BrN2O3S/c1-10(2)15-9-11-8-12(13(14)19-11)20(17,18)16-6-4-3-5-7-16/h3-4,8,10,15H,5-7,9H2,1-2H3. The van der Waals surface area contributed by atoms with Crippen molar-refractivity contribution in [2.24, 2.45) is 0 Å². The molecule has 1 N–H and O–H groups in total. The first kappa shape index (κ1) is 15.8. The number of nitrogens with zero attached hydrogens (tertiary/aromatic N) is 1. The van der Waals surface area contributed by atoms with E-state index >= 15 is 0 Å². The van der Waals surface area contributed by atoms with Crippen LogP contribution in [-0.4, -0.2) is 31.9 Å². The fourth-order valence-electron chi connectivity index (χ4n) is 1.94. The van der Waals surface area contributed by atoms with Crippen molar-refractivity contribution in [3.05, 3.63) is 28.6 Å². The van der Waals surface area contributed by atoms with Crippen molar-refractivity contribution >= 4 is 26.0 Å². The third kappa shape index (κ3) is 3.52. The molecule has 2 heterocycles. The largest absolute Gasteiger partial charge is 0.452 e. The summed E-state index contributed by atoms with van der Waals surface area (Å²) in [5, 5.41) is 3.20. The van der Waals surface area contributed by atoms with Gasteiger partial charge in [-0.05, 0) is 22.4 Å². The average Bonchev–Trinajstić information content (AvgIpc) is 2.79. The summed E-state index contributed by atoms with van der Waals surface area (Å²) in [4.78, 5) is 0.202. The second-order valence-corrected chi connectivity index (χ2v) is 7.64. The maximum absolute atomic E-state index is 12.5. The minimum atomic E-state index is -3.50. The molecule has 0 saturated heterocycles. The van der Waals surface area contributed by atoms with E-state index in [0.29, 0.717) is 31.4 Å². The maximum Gasteiger partial charge on any atom is 0.247 e. The van der Waals surface area contributed by atoms with E-state index in [1.54, 1.807) is 6.07 Å². The highest BCUT2D eigenvalue weighted by Gasteiger charge is 2.29. The van der Waals surface area contributed by atoms with Crippen LogP contribution in [-0.2, 0) is 16.6 Å². The molecule has 0 radical (unpaired) electrons. The van der Waals surface area contributed by atoms with E-state index in [2.05, 4.69) is 21.2 Å². The Kier molecular flexibility index (Phi) is 5.06. The van der Waals surface area contributed by atoms with Crippen molar-refractivity contribution in [2.75, 3.05) is 13.1 Å². The highest BCUT2D eigenvalue weighted by molar-refractivity contribution is 9.10. The first-order valence-electron chi connectivity index (χ1n) is 6.58. The molecule has 0 bridgehead atoms. The van der Waals surface area contributed by atoms with Gasteiger partial charge in [-0.15, -0.1) is 0 Å². The van der Waals surface area contributed by atoms with Crippen LogP contribution in [0, 0.1) is 0 Å². The topological polar surface area (TPSA) is 62.6 Å². The highest BCUT2D eigenvalue weighted by atomic mass is 79.9. The van der Waals surface area contributed by atoms with Gasteiger partial charge in [0.15, 0.2) is 4.67 Å². The highest BCUT2D eigenvalue weighted by Crippen LogP contribution is 2.29. The summed E-state index contributed by atoms with van der Waals surface area (Å²) >= 11 is 3.21. The lowest BCUT2D eigenvalue weighted by Crippen LogP contribution is -2.33. The van der Waals surface area contributed by atoms with Crippen LogP contribution in [0.4, 0.5) is 0 Å². The Balaban J connectivity index is 2.21. The SMILES string of the molecule is CC(C)NCc1cc(S(=O)(=O)N2CC=CCC2)c(Br)o1. The van der Waals surface area contributed by atoms with Crippen molar-refractivity contribution in [1.82, 2.24) is 9.62 Å². The lowest BCUT2D eigenvalue weighted by Gasteiger charge is -2.21. The summed E-state index contributed by atoms with van der Waals surface area (Å²) in [7, 11) is -3.50. The van der Waals surface area contributed by atoms with Crippen LogP contribution in [0.25, 0.3) is 0 Å². The molecule has 0 aromatic carbocycles. The minimum absolute atomic E-state index is 0.202. The van der Waals surface area contributed by atoms with Crippen LogP contribution < -0.4 is 5.32 Å². The van der Waals surface area contributed by atoms with Crippen molar-refractivity contribution in [3.8, 4) is 0 Å². The predicted molar refractivity (Wildman–Crippen MR) is 80.9 cm³/mol. The van der Waals surface area contributed by atoms with Gasteiger partial charge in [-0.1, -0.05) is 26.0 Å². The average molecular weight is 363 g/mol. The molecule has 0 saturated carbocycles. The summed E-state index contributed by atoms with van der Waals surface area (Å²) in [5.74, 6) is 0.608. The van der Waals surface area contributed by atoms with E-state index in [4.69, 9.17) is 4.42 Å². The fraction of sp³-hybridized carbons (Fsp3) is 0.538. The molecule has 5 nitrogen and oxygen atoms in total. The predicted octanol–water partition coefficient (Wildman–Crippen LogP) is 2.49. The summed E-state index contributed by atoms with van der Waals surface area (Å²) in [6.07, 6.45) is 4.61. The van der Waals surface area contributed by atoms with Gasteiger partial charge in [0.05, 0.1) is 6.54 Å². The van der Waals surface area contributed by atoms with Gasteiger partial charge < -0.3 is 9.73 Å². The molecule has 112 valence electrons. The van der Waals surface area contributed by atoms with Gasteiger partial charge in [0.1, 0.15) is 10.7 Å². The zero-order chi connectivity index (χ0) is 14.8. The second kappa shape index (κ2) is 6.43. The second-order valence-electron chi connectivity index (χ2n) is 5.01. The van der Waals surface area contributed by atoms with E-state index in [-0.39, 0.29) is 9.56 Å². The fourth-order valence-corrected chi connectivity index (χ4v) is 4.31. The van der Waals surface area contributed by atoms with Gasteiger partial charge >= 0.3 is 0 Å². The van der Waals surface area contributed by atoms with Gasteiger partial charge in [0.25, 0.3) is 0 Å². The number of hydrogen-bond donors (Lipinski definition) is 1. The Bertz CT molecular complexity index is 593. The summed E-state index contributed by atoms with van der Waals surface area (Å²) < 4.78 is 32.3. The van der Waals surface area contributed by atoms with Gasteiger partial charge in [0, 0.05) is 25.2 Å². The van der Waals surface area contributed by atoms with Crippen molar-refractivity contribution in [2.45, 2.75) is 37.8 Å². The Labute approximate surface area is 128 Å². The molecule has 0 amide bonds. The number of rotatable bonds is 5. The van der Waals surface area contributed by atoms with E-state index < -0.39 is 10.0 Å². The van der Waals surface area contributed by atoms with Gasteiger partial charge in [-0.25, -0.2) is 8.42 Å². The van der Waals surface area contributed by atoms with Crippen LogP contribution in [0.2, 0.25) is 0 Å². The number of hydrogen-bond acceptors (Lipinski definition) is 4. The Hall–Kier alpha value is -0.630.